The number of benzene rings is 1. The summed E-state index contributed by atoms with van der Waals surface area (Å²) in [6.07, 6.45) is 0. The first-order valence-electron chi connectivity index (χ1n) is 11.6. The number of nitrogens with one attached hydrogen (secondary N) is 1. The van der Waals surface area contributed by atoms with Gasteiger partial charge in [-0.2, -0.15) is 0 Å². The minimum Gasteiger partial charge on any atom is -0.462 e. The molecule has 9 heteroatoms. The number of piperazine rings is 1. The lowest BCUT2D eigenvalue weighted by Crippen LogP contribution is -2.48. The zero-order valence-corrected chi connectivity index (χ0v) is 21.3. The van der Waals surface area contributed by atoms with E-state index in [1.54, 1.807) is 20.8 Å². The van der Waals surface area contributed by atoms with Crippen molar-refractivity contribution in [2.75, 3.05) is 56.2 Å². The molecule has 3 rings (SSSR count). The van der Waals surface area contributed by atoms with Gasteiger partial charge in [-0.05, 0) is 57.4 Å². The quantitative estimate of drug-likeness (QED) is 0.567. The number of aryl methyl sites for hydroxylation is 1. The van der Waals surface area contributed by atoms with Gasteiger partial charge in [0.1, 0.15) is 9.88 Å². The van der Waals surface area contributed by atoms with Crippen LogP contribution in [0.15, 0.2) is 18.2 Å². The van der Waals surface area contributed by atoms with Crippen molar-refractivity contribution < 1.29 is 23.9 Å². The van der Waals surface area contributed by atoms with Crippen molar-refractivity contribution >= 4 is 39.9 Å². The molecule has 2 heterocycles. The monoisotopic (exact) mass is 487 g/mol. The molecule has 1 saturated heterocycles. The maximum Gasteiger partial charge on any atom is 0.348 e. The minimum absolute atomic E-state index is 0.195. The Bertz CT molecular complexity index is 1060. The molecule has 0 unspecified atom stereocenters. The molecule has 1 aliphatic heterocycles. The maximum atomic E-state index is 12.9. The van der Waals surface area contributed by atoms with E-state index in [2.05, 4.69) is 47.2 Å². The highest BCUT2D eigenvalue weighted by Crippen LogP contribution is 2.34. The number of thiophene rings is 1. The lowest BCUT2D eigenvalue weighted by Gasteiger charge is -2.36. The van der Waals surface area contributed by atoms with E-state index >= 15 is 0 Å². The summed E-state index contributed by atoms with van der Waals surface area (Å²) in [7, 11) is 0. The molecule has 1 aromatic carbocycles. The molecule has 8 nitrogen and oxygen atoms in total. The van der Waals surface area contributed by atoms with E-state index in [1.165, 1.54) is 16.8 Å². The maximum absolute atomic E-state index is 12.9. The van der Waals surface area contributed by atoms with Crippen LogP contribution >= 0.6 is 11.3 Å². The molecule has 1 aromatic heterocycles. The van der Waals surface area contributed by atoms with Crippen molar-refractivity contribution in [1.82, 2.24) is 4.90 Å². The predicted molar refractivity (Wildman–Crippen MR) is 134 cm³/mol. The van der Waals surface area contributed by atoms with Gasteiger partial charge in [-0.15, -0.1) is 11.3 Å². The fourth-order valence-electron chi connectivity index (χ4n) is 4.04. The van der Waals surface area contributed by atoms with Crippen LogP contribution in [0.2, 0.25) is 0 Å². The topological polar surface area (TPSA) is 88.2 Å². The van der Waals surface area contributed by atoms with Crippen LogP contribution in [0.1, 0.15) is 50.6 Å². The van der Waals surface area contributed by atoms with E-state index < -0.39 is 11.9 Å². The first-order chi connectivity index (χ1) is 16.3. The van der Waals surface area contributed by atoms with E-state index in [1.807, 2.05) is 0 Å². The Kier molecular flexibility index (Phi) is 8.68. The van der Waals surface area contributed by atoms with Crippen LogP contribution in [0.3, 0.4) is 0 Å². The van der Waals surface area contributed by atoms with Gasteiger partial charge in [0.15, 0.2) is 0 Å². The second kappa shape index (κ2) is 11.5. The average molecular weight is 488 g/mol. The lowest BCUT2D eigenvalue weighted by molar-refractivity contribution is -0.117. The molecule has 2 aromatic rings. The average Bonchev–Trinajstić information content (AvgIpc) is 3.12. The van der Waals surface area contributed by atoms with Crippen LogP contribution in [-0.4, -0.2) is 68.7 Å². The van der Waals surface area contributed by atoms with Crippen LogP contribution in [0.5, 0.6) is 0 Å². The summed E-state index contributed by atoms with van der Waals surface area (Å²) in [4.78, 5) is 42.4. The molecular formula is C25H33N3O5S. The standard InChI is InChI=1S/C25H33N3O5S/c1-6-32-24(30)21-18(5)22(25(31)33-7-2)34-23(21)26-20(29)15-27-11-13-28(14-12-27)19-10-8-9-16(3)17(19)4/h8-10H,6-7,11-15H2,1-5H3,(H,26,29). The number of hydrogen-bond donors (Lipinski definition) is 1. The fraction of sp³-hybridized carbons (Fsp3) is 0.480. The molecule has 1 N–H and O–H groups in total. The van der Waals surface area contributed by atoms with Gasteiger partial charge < -0.3 is 19.7 Å². The Morgan fingerprint density at radius 1 is 0.941 bits per heavy atom. The number of esters is 2. The summed E-state index contributed by atoms with van der Waals surface area (Å²) < 4.78 is 10.3. The summed E-state index contributed by atoms with van der Waals surface area (Å²) in [5, 5.41) is 3.15. The van der Waals surface area contributed by atoms with Gasteiger partial charge in [0.25, 0.3) is 0 Å². The lowest BCUT2D eigenvalue weighted by atomic mass is 10.1. The summed E-state index contributed by atoms with van der Waals surface area (Å²) in [6, 6.07) is 6.33. The smallest absolute Gasteiger partial charge is 0.348 e. The van der Waals surface area contributed by atoms with Gasteiger partial charge in [-0.25, -0.2) is 9.59 Å². The van der Waals surface area contributed by atoms with Crippen molar-refractivity contribution in [3.05, 3.63) is 45.3 Å². The highest BCUT2D eigenvalue weighted by Gasteiger charge is 2.28. The molecule has 1 amide bonds. The molecule has 0 atom stereocenters. The van der Waals surface area contributed by atoms with Crippen molar-refractivity contribution in [1.29, 1.82) is 0 Å². The number of amides is 1. The number of ether oxygens (including phenoxy) is 2. The number of carbonyl (C=O) groups excluding carboxylic acids is 3. The van der Waals surface area contributed by atoms with Crippen molar-refractivity contribution in [2.45, 2.75) is 34.6 Å². The highest BCUT2D eigenvalue weighted by molar-refractivity contribution is 7.18. The second-order valence-electron chi connectivity index (χ2n) is 8.23. The van der Waals surface area contributed by atoms with Gasteiger partial charge in [0, 0.05) is 31.9 Å². The molecule has 34 heavy (non-hydrogen) atoms. The van der Waals surface area contributed by atoms with Gasteiger partial charge >= 0.3 is 11.9 Å². The van der Waals surface area contributed by atoms with Crippen LogP contribution in [-0.2, 0) is 14.3 Å². The Labute approximate surface area is 204 Å². The zero-order valence-electron chi connectivity index (χ0n) is 20.5. The largest absolute Gasteiger partial charge is 0.462 e. The molecule has 0 bridgehead atoms. The SMILES string of the molecule is CCOC(=O)c1sc(NC(=O)CN2CCN(c3cccc(C)c3C)CC2)c(C(=O)OCC)c1C. The van der Waals surface area contributed by atoms with Crippen molar-refractivity contribution in [3.8, 4) is 0 Å². The summed E-state index contributed by atoms with van der Waals surface area (Å²) in [5.41, 5.74) is 4.46. The molecule has 0 saturated carbocycles. The Morgan fingerprint density at radius 2 is 1.59 bits per heavy atom. The van der Waals surface area contributed by atoms with Crippen molar-refractivity contribution in [3.63, 3.8) is 0 Å². The Morgan fingerprint density at radius 3 is 2.24 bits per heavy atom. The van der Waals surface area contributed by atoms with Gasteiger partial charge in [0.05, 0.1) is 25.3 Å². The minimum atomic E-state index is -0.566. The predicted octanol–water partition coefficient (Wildman–Crippen LogP) is 3.79. The van der Waals surface area contributed by atoms with E-state index in [4.69, 9.17) is 9.47 Å². The third-order valence-electron chi connectivity index (χ3n) is 6.00. The van der Waals surface area contributed by atoms with Crippen LogP contribution in [0.25, 0.3) is 0 Å². The van der Waals surface area contributed by atoms with Crippen LogP contribution in [0.4, 0.5) is 10.7 Å². The summed E-state index contributed by atoms with van der Waals surface area (Å²) >= 11 is 1.05. The number of carbonyl (C=O) groups is 3. The normalized spacial score (nSPS) is 14.1. The van der Waals surface area contributed by atoms with Crippen LogP contribution < -0.4 is 10.2 Å². The molecular weight excluding hydrogens is 454 g/mol. The second-order valence-corrected chi connectivity index (χ2v) is 9.25. The third kappa shape index (κ3) is 5.77. The molecule has 0 radical (unpaired) electrons. The van der Waals surface area contributed by atoms with Crippen molar-refractivity contribution in [2.24, 2.45) is 0 Å². The Balaban J connectivity index is 1.66. The number of nitrogens with zero attached hydrogens (tertiary/aromatic N) is 2. The third-order valence-corrected chi connectivity index (χ3v) is 7.18. The van der Waals surface area contributed by atoms with Gasteiger partial charge in [0.2, 0.25) is 5.91 Å². The first kappa shape index (κ1) is 25.7. The first-order valence-corrected chi connectivity index (χ1v) is 12.4. The van der Waals surface area contributed by atoms with E-state index in [0.717, 1.165) is 37.5 Å². The van der Waals surface area contributed by atoms with E-state index in [9.17, 15) is 14.4 Å². The molecule has 0 spiro atoms. The highest BCUT2D eigenvalue weighted by atomic mass is 32.1. The van der Waals surface area contributed by atoms with Gasteiger partial charge in [-0.1, -0.05) is 12.1 Å². The number of rotatable bonds is 8. The fourth-order valence-corrected chi connectivity index (χ4v) is 5.14. The van der Waals surface area contributed by atoms with Crippen LogP contribution in [0, 0.1) is 20.8 Å². The van der Waals surface area contributed by atoms with E-state index in [-0.39, 0.29) is 31.2 Å². The Hall–Kier alpha value is -2.91. The molecule has 184 valence electrons. The summed E-state index contributed by atoms with van der Waals surface area (Å²) in [5.74, 6) is -1.31. The molecule has 1 fully saturated rings. The van der Waals surface area contributed by atoms with E-state index in [0.29, 0.717) is 15.4 Å². The molecule has 0 aliphatic carbocycles. The summed E-state index contributed by atoms with van der Waals surface area (Å²) in [6.45, 7) is 13.1. The zero-order chi connectivity index (χ0) is 24.8. The molecule has 1 aliphatic rings. The number of hydrogen-bond acceptors (Lipinski definition) is 8. The number of anilines is 2. The van der Waals surface area contributed by atoms with Gasteiger partial charge in [-0.3, -0.25) is 9.69 Å².